The molecule has 1 aliphatic heterocycles. The number of rotatable bonds is 8. The maximum absolute atomic E-state index is 14.2. The second-order valence-corrected chi connectivity index (χ2v) is 11.4. The van der Waals surface area contributed by atoms with Crippen LogP contribution in [0.2, 0.25) is 0 Å². The molecule has 190 valence electrons. The molecule has 4 rings (SSSR count). The van der Waals surface area contributed by atoms with E-state index in [0.29, 0.717) is 37.3 Å². The lowest BCUT2D eigenvalue weighted by molar-refractivity contribution is -0.0000182. The van der Waals surface area contributed by atoms with Gasteiger partial charge in [0.1, 0.15) is 11.3 Å². The number of fused-ring (bicyclic) bond motifs is 1. The average molecular weight is 544 g/mol. The third kappa shape index (κ3) is 5.97. The topological polar surface area (TPSA) is 73.8 Å². The molecule has 7 nitrogen and oxygen atoms in total. The lowest BCUT2D eigenvalue weighted by atomic mass is 10.2. The maximum Gasteiger partial charge on any atom is 0.260 e. The minimum absolute atomic E-state index is 0. The Morgan fingerprint density at radius 3 is 2.37 bits per heavy atom. The molecule has 35 heavy (non-hydrogen) atoms. The Balaban J connectivity index is 0.00000342. The molecule has 0 bridgehead atoms. The number of hydrogen-bond donors (Lipinski definition) is 0. The van der Waals surface area contributed by atoms with Gasteiger partial charge in [-0.1, -0.05) is 11.3 Å². The molecule has 1 saturated heterocycles. The van der Waals surface area contributed by atoms with Gasteiger partial charge in [0.2, 0.25) is 10.0 Å². The summed E-state index contributed by atoms with van der Waals surface area (Å²) < 4.78 is 55.2. The highest BCUT2D eigenvalue weighted by molar-refractivity contribution is 7.89. The lowest BCUT2D eigenvalue weighted by Crippen LogP contribution is -3.00. The number of amides is 1. The van der Waals surface area contributed by atoms with E-state index in [-0.39, 0.29) is 39.4 Å². The molecule has 0 spiro atoms. The van der Waals surface area contributed by atoms with Crippen LogP contribution < -0.4 is 17.3 Å². The van der Waals surface area contributed by atoms with Crippen molar-refractivity contribution in [1.82, 2.24) is 14.2 Å². The molecule has 1 amide bonds. The van der Waals surface area contributed by atoms with Crippen molar-refractivity contribution < 1.29 is 34.4 Å². The number of carbonyl (C=O) groups excluding carboxylic acids is 1. The van der Waals surface area contributed by atoms with Crippen LogP contribution in [0.15, 0.2) is 41.3 Å². The van der Waals surface area contributed by atoms with E-state index in [0.717, 1.165) is 30.2 Å². The van der Waals surface area contributed by atoms with Gasteiger partial charge in [0.25, 0.3) is 5.91 Å². The van der Waals surface area contributed by atoms with E-state index in [1.165, 1.54) is 39.5 Å². The van der Waals surface area contributed by atoms with Gasteiger partial charge in [-0.2, -0.15) is 4.31 Å². The molecule has 0 radical (unpaired) electrons. The summed E-state index contributed by atoms with van der Waals surface area (Å²) in [5.74, 6) is -1.88. The third-order valence-corrected chi connectivity index (χ3v) is 8.61. The van der Waals surface area contributed by atoms with Gasteiger partial charge >= 0.3 is 0 Å². The molecule has 3 aromatic rings. The summed E-state index contributed by atoms with van der Waals surface area (Å²) in [5, 5.41) is 0.261. The SMILES string of the molecule is CN(C)CCCN(C(=O)c1ccc(S(=O)(=O)N2CCCC2)cc1)c1nc2c(F)cc(F)cc2s1.[Cl-]. The van der Waals surface area contributed by atoms with Gasteiger partial charge in [-0.3, -0.25) is 9.69 Å². The van der Waals surface area contributed by atoms with E-state index >= 15 is 0 Å². The highest BCUT2D eigenvalue weighted by atomic mass is 35.5. The normalized spacial score (nSPS) is 14.4. The Kier molecular flexibility index (Phi) is 8.81. The summed E-state index contributed by atoms with van der Waals surface area (Å²) in [6, 6.07) is 7.80. The zero-order chi connectivity index (χ0) is 24.5. The van der Waals surface area contributed by atoms with Crippen molar-refractivity contribution in [2.75, 3.05) is 45.2 Å². The summed E-state index contributed by atoms with van der Waals surface area (Å²) in [7, 11) is 0.248. The molecule has 1 aliphatic rings. The molecule has 0 atom stereocenters. The monoisotopic (exact) mass is 543 g/mol. The Hall–Kier alpha value is -2.18. The van der Waals surface area contributed by atoms with Crippen LogP contribution in [0.25, 0.3) is 10.2 Å². The number of thiazole rings is 1. The Morgan fingerprint density at radius 2 is 1.74 bits per heavy atom. The average Bonchev–Trinajstić information content (AvgIpc) is 3.47. The van der Waals surface area contributed by atoms with Gasteiger partial charge < -0.3 is 17.3 Å². The lowest BCUT2D eigenvalue weighted by Gasteiger charge is -2.21. The van der Waals surface area contributed by atoms with Crippen molar-refractivity contribution in [3.05, 3.63) is 53.6 Å². The number of aromatic nitrogens is 1. The number of carbonyl (C=O) groups is 1. The number of hydrogen-bond acceptors (Lipinski definition) is 6. The van der Waals surface area contributed by atoms with Crippen LogP contribution in [-0.2, 0) is 10.0 Å². The number of anilines is 1. The van der Waals surface area contributed by atoms with E-state index in [4.69, 9.17) is 0 Å². The van der Waals surface area contributed by atoms with Gasteiger partial charge in [-0.05, 0) is 70.2 Å². The number of nitrogens with zero attached hydrogens (tertiary/aromatic N) is 4. The second-order valence-electron chi connectivity index (χ2n) is 8.48. The van der Waals surface area contributed by atoms with Crippen molar-refractivity contribution in [3.8, 4) is 0 Å². The fourth-order valence-corrected chi connectivity index (χ4v) is 6.44. The summed E-state index contributed by atoms with van der Waals surface area (Å²) in [6.45, 7) is 2.02. The minimum Gasteiger partial charge on any atom is -1.00 e. The van der Waals surface area contributed by atoms with Crippen LogP contribution in [0.5, 0.6) is 0 Å². The first-order chi connectivity index (χ1) is 16.2. The summed E-state index contributed by atoms with van der Waals surface area (Å²) in [4.78, 5) is 21.3. The molecular weight excluding hydrogens is 518 g/mol. The summed E-state index contributed by atoms with van der Waals surface area (Å²) >= 11 is 1.04. The predicted molar refractivity (Wildman–Crippen MR) is 129 cm³/mol. The molecule has 0 unspecified atom stereocenters. The number of halogens is 3. The van der Waals surface area contributed by atoms with E-state index < -0.39 is 21.7 Å². The van der Waals surface area contributed by atoms with E-state index in [2.05, 4.69) is 4.98 Å². The van der Waals surface area contributed by atoms with Gasteiger partial charge in [0, 0.05) is 31.3 Å². The molecule has 0 saturated carbocycles. The minimum atomic E-state index is -3.59. The highest BCUT2D eigenvalue weighted by Crippen LogP contribution is 2.32. The van der Waals surface area contributed by atoms with Crippen molar-refractivity contribution in [3.63, 3.8) is 0 Å². The standard InChI is InChI=1S/C23H26F2N4O3S2.ClH/c1-27(2)10-5-13-29(23-26-21-19(25)14-17(24)15-20(21)33-23)22(30)16-6-8-18(9-7-16)34(31,32)28-11-3-4-12-28;/h6-9,14-15H,3-5,10-13H2,1-2H3;1H/p-1. The Labute approximate surface area is 213 Å². The van der Waals surface area contributed by atoms with Crippen LogP contribution in [0.3, 0.4) is 0 Å². The van der Waals surface area contributed by atoms with Crippen LogP contribution in [0.1, 0.15) is 29.6 Å². The van der Waals surface area contributed by atoms with Crippen molar-refractivity contribution in [2.45, 2.75) is 24.2 Å². The van der Waals surface area contributed by atoms with E-state index in [1.807, 2.05) is 19.0 Å². The summed E-state index contributed by atoms with van der Waals surface area (Å²) in [5.41, 5.74) is 0.301. The Morgan fingerprint density at radius 1 is 1.09 bits per heavy atom. The largest absolute Gasteiger partial charge is 1.00 e. The third-order valence-electron chi connectivity index (χ3n) is 5.67. The first-order valence-electron chi connectivity index (χ1n) is 11.0. The van der Waals surface area contributed by atoms with Gasteiger partial charge in [-0.25, -0.2) is 22.2 Å². The second kappa shape index (κ2) is 11.3. The fourth-order valence-electron chi connectivity index (χ4n) is 3.89. The molecule has 2 heterocycles. The quantitative estimate of drug-likeness (QED) is 0.423. The number of benzene rings is 2. The first kappa shape index (κ1) is 27.4. The van der Waals surface area contributed by atoms with Crippen LogP contribution in [0.4, 0.5) is 13.9 Å². The fraction of sp³-hybridized carbons (Fsp3) is 0.391. The Bertz CT molecular complexity index is 1290. The van der Waals surface area contributed by atoms with Crippen molar-refractivity contribution >= 4 is 42.6 Å². The van der Waals surface area contributed by atoms with Gasteiger partial charge in [-0.15, -0.1) is 0 Å². The van der Waals surface area contributed by atoms with E-state index in [1.54, 1.807) is 0 Å². The van der Waals surface area contributed by atoms with Crippen molar-refractivity contribution in [1.29, 1.82) is 0 Å². The van der Waals surface area contributed by atoms with Crippen LogP contribution in [-0.4, -0.2) is 68.8 Å². The van der Waals surface area contributed by atoms with Gasteiger partial charge in [0.15, 0.2) is 10.9 Å². The molecule has 0 aliphatic carbocycles. The van der Waals surface area contributed by atoms with Gasteiger partial charge in [0.05, 0.1) is 9.60 Å². The molecule has 1 aromatic heterocycles. The van der Waals surface area contributed by atoms with Crippen LogP contribution >= 0.6 is 11.3 Å². The zero-order valence-electron chi connectivity index (χ0n) is 19.4. The smallest absolute Gasteiger partial charge is 0.260 e. The first-order valence-corrected chi connectivity index (χ1v) is 13.2. The molecular formula is C23H26ClF2N4O3S2-. The van der Waals surface area contributed by atoms with Crippen molar-refractivity contribution in [2.24, 2.45) is 0 Å². The molecule has 2 aromatic carbocycles. The van der Waals surface area contributed by atoms with E-state index in [9.17, 15) is 22.0 Å². The maximum atomic E-state index is 14.2. The zero-order valence-corrected chi connectivity index (χ0v) is 21.8. The molecule has 0 N–H and O–H groups in total. The highest BCUT2D eigenvalue weighted by Gasteiger charge is 2.28. The molecule has 12 heteroatoms. The number of sulfonamides is 1. The van der Waals surface area contributed by atoms with Crippen LogP contribution in [0, 0.1) is 11.6 Å². The predicted octanol–water partition coefficient (Wildman–Crippen LogP) is 0.961. The summed E-state index contributed by atoms with van der Waals surface area (Å²) in [6.07, 6.45) is 2.31. The molecule has 1 fully saturated rings.